The Morgan fingerprint density at radius 1 is 0.714 bits per heavy atom. The summed E-state index contributed by atoms with van der Waals surface area (Å²) >= 11 is 12.5. The van der Waals surface area contributed by atoms with Gasteiger partial charge in [0.05, 0.1) is 0 Å². The summed E-state index contributed by atoms with van der Waals surface area (Å²) in [6.07, 6.45) is 0. The number of hydrogen-bond donors (Lipinski definition) is 0. The standard InChI is InChI=1S/C10H12Br2I2/c1-5-6(2)10(12,14)8(4)7(3)9(5,11)13/h1-4H3. The van der Waals surface area contributed by atoms with E-state index in [9.17, 15) is 0 Å². The zero-order chi connectivity index (χ0) is 11.3. The summed E-state index contributed by atoms with van der Waals surface area (Å²) < 4.78 is 0.00271. The lowest BCUT2D eigenvalue weighted by molar-refractivity contribution is 0.927. The maximum absolute atomic E-state index is 3.80. The molecule has 0 unspecified atom stereocenters. The molecule has 0 N–H and O–H groups in total. The largest absolute Gasteiger partial charge is 0.119 e. The smallest absolute Gasteiger partial charge is 0.0638 e. The van der Waals surface area contributed by atoms with E-state index >= 15 is 0 Å². The summed E-state index contributed by atoms with van der Waals surface area (Å²) in [5.41, 5.74) is 5.58. The zero-order valence-corrected chi connectivity index (χ0v) is 16.0. The molecule has 0 bridgehead atoms. The highest BCUT2D eigenvalue weighted by molar-refractivity contribution is 14.1. The molecule has 0 fully saturated rings. The minimum Gasteiger partial charge on any atom is -0.0638 e. The molecule has 1 rings (SSSR count). The lowest BCUT2D eigenvalue weighted by atomic mass is 9.88. The Morgan fingerprint density at radius 2 is 0.857 bits per heavy atom. The molecule has 80 valence electrons. The number of alkyl halides is 4. The fraction of sp³-hybridized carbons (Fsp3) is 0.600. The first kappa shape index (κ1) is 14.0. The van der Waals surface area contributed by atoms with Crippen LogP contribution in [-0.4, -0.2) is 4.66 Å². The van der Waals surface area contributed by atoms with E-state index in [1.54, 1.807) is 0 Å². The molecule has 4 heteroatoms. The predicted octanol–water partition coefficient (Wildman–Crippen LogP) is 5.73. The van der Waals surface area contributed by atoms with Crippen molar-refractivity contribution in [3.8, 4) is 0 Å². The molecule has 0 aliphatic heterocycles. The van der Waals surface area contributed by atoms with Crippen LogP contribution in [0.15, 0.2) is 22.3 Å². The maximum Gasteiger partial charge on any atom is 0.119 e. The summed E-state index contributed by atoms with van der Waals surface area (Å²) in [5, 5.41) is 0. The molecule has 1 aliphatic carbocycles. The van der Waals surface area contributed by atoms with Gasteiger partial charge in [0.2, 0.25) is 0 Å². The molecule has 0 amide bonds. The molecule has 0 saturated heterocycles. The van der Waals surface area contributed by atoms with Crippen LogP contribution in [0.5, 0.6) is 0 Å². The Kier molecular flexibility index (Phi) is 4.28. The van der Waals surface area contributed by atoms with E-state index < -0.39 is 0 Å². The average Bonchev–Trinajstić information content (AvgIpc) is 2.11. The van der Waals surface area contributed by atoms with Crippen molar-refractivity contribution >= 4 is 77.0 Å². The van der Waals surface area contributed by atoms with Gasteiger partial charge in [0.15, 0.2) is 0 Å². The van der Waals surface area contributed by atoms with E-state index in [1.807, 2.05) is 0 Å². The highest BCUT2D eigenvalue weighted by Crippen LogP contribution is 2.56. The number of rotatable bonds is 0. The van der Waals surface area contributed by atoms with Crippen LogP contribution in [0, 0.1) is 0 Å². The van der Waals surface area contributed by atoms with Gasteiger partial charge in [0, 0.05) is 0 Å². The molecule has 0 heterocycles. The lowest BCUT2D eigenvalue weighted by Gasteiger charge is -2.39. The number of halogens is 4. The van der Waals surface area contributed by atoms with Gasteiger partial charge in [-0.1, -0.05) is 77.0 Å². The molecule has 0 aromatic heterocycles. The van der Waals surface area contributed by atoms with Crippen LogP contribution in [0.1, 0.15) is 27.7 Å². The Morgan fingerprint density at radius 3 is 1.00 bits per heavy atom. The van der Waals surface area contributed by atoms with E-state index in [4.69, 9.17) is 0 Å². The van der Waals surface area contributed by atoms with Crippen molar-refractivity contribution in [1.82, 2.24) is 0 Å². The second-order valence-electron chi connectivity index (χ2n) is 3.65. The first-order valence-corrected chi connectivity index (χ1v) is 8.00. The van der Waals surface area contributed by atoms with E-state index in [2.05, 4.69) is 105 Å². The second kappa shape index (κ2) is 4.29. The Labute approximate surface area is 130 Å². The molecule has 0 atom stereocenters. The fourth-order valence-electron chi connectivity index (χ4n) is 1.50. The van der Waals surface area contributed by atoms with Gasteiger partial charge < -0.3 is 0 Å². The van der Waals surface area contributed by atoms with E-state index in [0.29, 0.717) is 0 Å². The van der Waals surface area contributed by atoms with Crippen LogP contribution in [-0.2, 0) is 0 Å². The summed E-state index contributed by atoms with van der Waals surface area (Å²) in [6.45, 7) is 8.78. The van der Waals surface area contributed by atoms with Gasteiger partial charge in [-0.15, -0.1) is 0 Å². The third-order valence-corrected chi connectivity index (χ3v) is 8.62. The Hall–Kier alpha value is 1.90. The lowest BCUT2D eigenvalue weighted by Crippen LogP contribution is -2.31. The van der Waals surface area contributed by atoms with Crippen LogP contribution in [0.3, 0.4) is 0 Å². The van der Waals surface area contributed by atoms with Crippen molar-refractivity contribution in [2.24, 2.45) is 0 Å². The van der Waals surface area contributed by atoms with Gasteiger partial charge in [-0.25, -0.2) is 0 Å². The van der Waals surface area contributed by atoms with Crippen LogP contribution in [0.25, 0.3) is 0 Å². The van der Waals surface area contributed by atoms with E-state index in [-0.39, 0.29) is 4.66 Å². The SMILES string of the molecule is CC1=C(C)C(Br)(I)C(C)=C(C)C1(Br)I. The van der Waals surface area contributed by atoms with Crippen molar-refractivity contribution < 1.29 is 0 Å². The molecule has 0 spiro atoms. The third kappa shape index (κ3) is 2.01. The Balaban J connectivity index is 3.46. The van der Waals surface area contributed by atoms with Gasteiger partial charge in [-0.05, 0) is 50.0 Å². The summed E-state index contributed by atoms with van der Waals surface area (Å²) in [4.78, 5) is 0. The first-order valence-electron chi connectivity index (χ1n) is 4.26. The quantitative estimate of drug-likeness (QED) is 0.207. The molecule has 1 aliphatic rings. The molecular weight excluding hydrogens is 534 g/mol. The van der Waals surface area contributed by atoms with Crippen LogP contribution in [0.4, 0.5) is 0 Å². The second-order valence-corrected chi connectivity index (χ2v) is 12.2. The molecule has 0 saturated carbocycles. The van der Waals surface area contributed by atoms with E-state index in [0.717, 1.165) is 0 Å². The van der Waals surface area contributed by atoms with Crippen molar-refractivity contribution in [3.63, 3.8) is 0 Å². The molecule has 0 nitrogen and oxygen atoms in total. The van der Waals surface area contributed by atoms with Crippen molar-refractivity contribution in [2.45, 2.75) is 32.4 Å². The van der Waals surface area contributed by atoms with Gasteiger partial charge >= 0.3 is 0 Å². The van der Waals surface area contributed by atoms with Crippen molar-refractivity contribution in [3.05, 3.63) is 22.3 Å². The fourth-order valence-corrected chi connectivity index (χ4v) is 4.31. The Bertz CT molecular complexity index is 276. The van der Waals surface area contributed by atoms with Crippen molar-refractivity contribution in [1.29, 1.82) is 0 Å². The molecule has 0 aromatic rings. The third-order valence-electron chi connectivity index (χ3n) is 3.01. The zero-order valence-electron chi connectivity index (χ0n) is 8.51. The number of allylic oxidation sites excluding steroid dienone is 4. The normalized spacial score (nSPS) is 39.4. The first-order chi connectivity index (χ1) is 6.13. The van der Waals surface area contributed by atoms with Gasteiger partial charge in [-0.3, -0.25) is 0 Å². The van der Waals surface area contributed by atoms with E-state index in [1.165, 1.54) is 22.3 Å². The van der Waals surface area contributed by atoms with Crippen LogP contribution >= 0.6 is 77.0 Å². The summed E-state index contributed by atoms with van der Waals surface area (Å²) in [7, 11) is 0. The molecule has 14 heavy (non-hydrogen) atoms. The van der Waals surface area contributed by atoms with Gasteiger partial charge in [0.1, 0.15) is 4.66 Å². The average molecular weight is 546 g/mol. The minimum atomic E-state index is 0.00136. The monoisotopic (exact) mass is 544 g/mol. The van der Waals surface area contributed by atoms with Crippen LogP contribution < -0.4 is 0 Å². The highest BCUT2D eigenvalue weighted by Gasteiger charge is 2.42. The molecule has 0 radical (unpaired) electrons. The van der Waals surface area contributed by atoms with Crippen molar-refractivity contribution in [2.75, 3.05) is 0 Å². The molecular formula is C10H12Br2I2. The summed E-state index contributed by atoms with van der Waals surface area (Å²) in [6, 6.07) is 0. The predicted molar refractivity (Wildman–Crippen MR) is 88.1 cm³/mol. The highest BCUT2D eigenvalue weighted by atomic mass is 127. The maximum atomic E-state index is 3.80. The topological polar surface area (TPSA) is 0 Å². The summed E-state index contributed by atoms with van der Waals surface area (Å²) in [5.74, 6) is 0. The van der Waals surface area contributed by atoms with Gasteiger partial charge in [0.25, 0.3) is 0 Å². The van der Waals surface area contributed by atoms with Gasteiger partial charge in [-0.2, -0.15) is 0 Å². The number of hydrogen-bond acceptors (Lipinski definition) is 0. The molecule has 0 aromatic carbocycles. The van der Waals surface area contributed by atoms with Crippen LogP contribution in [0.2, 0.25) is 0 Å². The minimum absolute atomic E-state index is 0.00136.